The molecule has 1 aromatic rings. The predicted molar refractivity (Wildman–Crippen MR) is 87.7 cm³/mol. The number of nitrogens with zero attached hydrogens (tertiary/aromatic N) is 2. The number of para-hydroxylation sites is 1. The van der Waals surface area contributed by atoms with Gasteiger partial charge in [-0.2, -0.15) is 0 Å². The lowest BCUT2D eigenvalue weighted by Crippen LogP contribution is -2.51. The number of carbonyl (C=O) groups is 2. The van der Waals surface area contributed by atoms with E-state index >= 15 is 0 Å². The van der Waals surface area contributed by atoms with Crippen LogP contribution in [-0.4, -0.2) is 49.4 Å². The SMILES string of the molecule is CC(C)CC(=O)NCC(=O)N1CCN(c2ccccc2F)CC1. The Bertz CT molecular complexity index is 555. The number of nitrogens with one attached hydrogen (secondary N) is 1. The molecule has 1 heterocycles. The summed E-state index contributed by atoms with van der Waals surface area (Å²) < 4.78 is 13.8. The number of halogens is 1. The van der Waals surface area contributed by atoms with Crippen molar-refractivity contribution in [3.8, 4) is 0 Å². The predicted octanol–water partition coefficient (Wildman–Crippen LogP) is 1.64. The average Bonchev–Trinajstić information content (AvgIpc) is 2.53. The van der Waals surface area contributed by atoms with Crippen molar-refractivity contribution in [1.82, 2.24) is 10.2 Å². The van der Waals surface area contributed by atoms with E-state index in [-0.39, 0.29) is 30.1 Å². The lowest BCUT2D eigenvalue weighted by molar-refractivity contribution is -0.133. The van der Waals surface area contributed by atoms with Crippen LogP contribution in [0, 0.1) is 11.7 Å². The zero-order valence-electron chi connectivity index (χ0n) is 13.7. The molecule has 1 aliphatic rings. The lowest BCUT2D eigenvalue weighted by Gasteiger charge is -2.36. The second-order valence-electron chi connectivity index (χ2n) is 6.19. The molecule has 0 saturated carbocycles. The Kier molecular flexibility index (Phi) is 5.96. The van der Waals surface area contributed by atoms with Crippen LogP contribution in [0.4, 0.5) is 10.1 Å². The highest BCUT2D eigenvalue weighted by Gasteiger charge is 2.22. The fourth-order valence-electron chi connectivity index (χ4n) is 2.63. The third kappa shape index (κ3) is 4.94. The zero-order chi connectivity index (χ0) is 16.8. The van der Waals surface area contributed by atoms with Crippen molar-refractivity contribution in [2.45, 2.75) is 20.3 Å². The third-order valence-corrected chi connectivity index (χ3v) is 3.86. The Morgan fingerprint density at radius 2 is 1.83 bits per heavy atom. The van der Waals surface area contributed by atoms with Crippen molar-refractivity contribution in [3.63, 3.8) is 0 Å². The molecule has 1 aromatic carbocycles. The summed E-state index contributed by atoms with van der Waals surface area (Å²) in [5.41, 5.74) is 0.574. The van der Waals surface area contributed by atoms with E-state index in [1.54, 1.807) is 23.1 Å². The van der Waals surface area contributed by atoms with Gasteiger partial charge < -0.3 is 15.1 Å². The summed E-state index contributed by atoms with van der Waals surface area (Å²) in [7, 11) is 0. The van der Waals surface area contributed by atoms with E-state index in [9.17, 15) is 14.0 Å². The van der Waals surface area contributed by atoms with Gasteiger partial charge in [0.2, 0.25) is 11.8 Å². The molecule has 2 rings (SSSR count). The van der Waals surface area contributed by atoms with Gasteiger partial charge in [-0.15, -0.1) is 0 Å². The highest BCUT2D eigenvalue weighted by atomic mass is 19.1. The largest absolute Gasteiger partial charge is 0.366 e. The number of piperazine rings is 1. The maximum absolute atomic E-state index is 13.8. The van der Waals surface area contributed by atoms with Crippen LogP contribution < -0.4 is 10.2 Å². The van der Waals surface area contributed by atoms with Gasteiger partial charge in [-0.05, 0) is 18.1 Å². The van der Waals surface area contributed by atoms with E-state index < -0.39 is 0 Å². The summed E-state index contributed by atoms with van der Waals surface area (Å²) in [5, 5.41) is 2.66. The molecule has 1 saturated heterocycles. The molecule has 0 spiro atoms. The second-order valence-corrected chi connectivity index (χ2v) is 6.19. The number of carbonyl (C=O) groups excluding carboxylic acids is 2. The zero-order valence-corrected chi connectivity index (χ0v) is 13.7. The molecule has 126 valence electrons. The van der Waals surface area contributed by atoms with Crippen molar-refractivity contribution >= 4 is 17.5 Å². The smallest absolute Gasteiger partial charge is 0.242 e. The minimum atomic E-state index is -0.242. The molecule has 2 amide bonds. The second kappa shape index (κ2) is 7.94. The van der Waals surface area contributed by atoms with Gasteiger partial charge in [0.25, 0.3) is 0 Å². The number of benzene rings is 1. The van der Waals surface area contributed by atoms with Crippen molar-refractivity contribution in [1.29, 1.82) is 0 Å². The topological polar surface area (TPSA) is 52.7 Å². The summed E-state index contributed by atoms with van der Waals surface area (Å²) in [6, 6.07) is 6.66. The molecule has 0 unspecified atom stereocenters. The quantitative estimate of drug-likeness (QED) is 0.897. The Labute approximate surface area is 136 Å². The Morgan fingerprint density at radius 3 is 2.43 bits per heavy atom. The molecule has 1 aliphatic heterocycles. The molecule has 1 fully saturated rings. The summed E-state index contributed by atoms with van der Waals surface area (Å²) in [4.78, 5) is 27.4. The van der Waals surface area contributed by atoms with E-state index in [1.165, 1.54) is 6.07 Å². The van der Waals surface area contributed by atoms with E-state index in [4.69, 9.17) is 0 Å². The molecular weight excluding hydrogens is 297 g/mol. The molecule has 0 aromatic heterocycles. The van der Waals surface area contributed by atoms with E-state index in [0.717, 1.165) is 0 Å². The van der Waals surface area contributed by atoms with Gasteiger partial charge in [0.15, 0.2) is 0 Å². The molecule has 1 N–H and O–H groups in total. The van der Waals surface area contributed by atoms with Crippen LogP contribution >= 0.6 is 0 Å². The molecule has 6 heteroatoms. The fourth-order valence-corrected chi connectivity index (χ4v) is 2.63. The minimum Gasteiger partial charge on any atom is -0.366 e. The monoisotopic (exact) mass is 321 g/mol. The third-order valence-electron chi connectivity index (χ3n) is 3.86. The fraction of sp³-hybridized carbons (Fsp3) is 0.529. The molecule has 0 aliphatic carbocycles. The first-order chi connectivity index (χ1) is 11.0. The summed E-state index contributed by atoms with van der Waals surface area (Å²) in [5.74, 6) is -0.156. The van der Waals surface area contributed by atoms with Gasteiger partial charge in [0.05, 0.1) is 12.2 Å². The molecule has 5 nitrogen and oxygen atoms in total. The van der Waals surface area contributed by atoms with Gasteiger partial charge in [0.1, 0.15) is 5.82 Å². The minimum absolute atomic E-state index is 0.0330. The highest BCUT2D eigenvalue weighted by Crippen LogP contribution is 2.20. The first-order valence-corrected chi connectivity index (χ1v) is 8.01. The first-order valence-electron chi connectivity index (χ1n) is 8.01. The average molecular weight is 321 g/mol. The maximum Gasteiger partial charge on any atom is 0.242 e. The lowest BCUT2D eigenvalue weighted by atomic mass is 10.1. The summed E-state index contributed by atoms with van der Waals surface area (Å²) in [6.45, 7) is 6.21. The standard InChI is InChI=1S/C17H24FN3O2/c1-13(2)11-16(22)19-12-17(23)21-9-7-20(8-10-21)15-6-4-3-5-14(15)18/h3-6,13H,7-12H2,1-2H3,(H,19,22). The maximum atomic E-state index is 13.8. The summed E-state index contributed by atoms with van der Waals surface area (Å²) in [6.07, 6.45) is 0.425. The normalized spacial score (nSPS) is 15.0. The van der Waals surface area contributed by atoms with Gasteiger partial charge in [-0.1, -0.05) is 26.0 Å². The molecule has 23 heavy (non-hydrogen) atoms. The number of anilines is 1. The van der Waals surface area contributed by atoms with Gasteiger partial charge in [0, 0.05) is 32.6 Å². The first kappa shape index (κ1) is 17.2. The van der Waals surface area contributed by atoms with E-state index in [2.05, 4.69) is 5.32 Å². The molecule has 0 atom stereocenters. The van der Waals surface area contributed by atoms with Crippen molar-refractivity contribution in [2.75, 3.05) is 37.6 Å². The van der Waals surface area contributed by atoms with Crippen LogP contribution in [0.15, 0.2) is 24.3 Å². The van der Waals surface area contributed by atoms with E-state index in [0.29, 0.717) is 38.3 Å². The van der Waals surface area contributed by atoms with Crippen LogP contribution in [0.1, 0.15) is 20.3 Å². The van der Waals surface area contributed by atoms with Crippen LogP contribution in [0.5, 0.6) is 0 Å². The van der Waals surface area contributed by atoms with Crippen LogP contribution in [0.3, 0.4) is 0 Å². The molecule has 0 radical (unpaired) electrons. The van der Waals surface area contributed by atoms with Crippen LogP contribution in [0.25, 0.3) is 0 Å². The van der Waals surface area contributed by atoms with Gasteiger partial charge in [-0.25, -0.2) is 4.39 Å². The number of hydrogen-bond acceptors (Lipinski definition) is 3. The van der Waals surface area contributed by atoms with Crippen LogP contribution in [0.2, 0.25) is 0 Å². The van der Waals surface area contributed by atoms with E-state index in [1.807, 2.05) is 18.7 Å². The molecular formula is C17H24FN3O2. The molecule has 0 bridgehead atoms. The Hall–Kier alpha value is -2.11. The van der Waals surface area contributed by atoms with Gasteiger partial charge in [-0.3, -0.25) is 9.59 Å². The Balaban J connectivity index is 1.79. The van der Waals surface area contributed by atoms with Crippen LogP contribution in [-0.2, 0) is 9.59 Å². The number of hydrogen-bond donors (Lipinski definition) is 1. The highest BCUT2D eigenvalue weighted by molar-refractivity contribution is 5.85. The van der Waals surface area contributed by atoms with Crippen molar-refractivity contribution in [3.05, 3.63) is 30.1 Å². The Morgan fingerprint density at radius 1 is 1.17 bits per heavy atom. The number of amides is 2. The van der Waals surface area contributed by atoms with Gasteiger partial charge >= 0.3 is 0 Å². The van der Waals surface area contributed by atoms with Crippen molar-refractivity contribution < 1.29 is 14.0 Å². The summed E-state index contributed by atoms with van der Waals surface area (Å²) >= 11 is 0. The van der Waals surface area contributed by atoms with Crippen molar-refractivity contribution in [2.24, 2.45) is 5.92 Å². The number of rotatable bonds is 5.